The molecule has 1 aliphatic carbocycles. The van der Waals surface area contributed by atoms with Crippen molar-refractivity contribution in [1.29, 1.82) is 0 Å². The van der Waals surface area contributed by atoms with Crippen molar-refractivity contribution in [3.05, 3.63) is 35.8 Å². The van der Waals surface area contributed by atoms with Gasteiger partial charge in [-0.05, 0) is 56.2 Å². The number of rotatable bonds is 4. The summed E-state index contributed by atoms with van der Waals surface area (Å²) in [5.74, 6) is -0.101. The Morgan fingerprint density at radius 3 is 2.72 bits per heavy atom. The summed E-state index contributed by atoms with van der Waals surface area (Å²) >= 11 is 0. The van der Waals surface area contributed by atoms with E-state index in [0.29, 0.717) is 42.6 Å². The van der Waals surface area contributed by atoms with Crippen LogP contribution in [0.1, 0.15) is 43.0 Å². The monoisotopic (exact) mass is 440 g/mol. The summed E-state index contributed by atoms with van der Waals surface area (Å²) in [7, 11) is 0. The highest BCUT2D eigenvalue weighted by atomic mass is 19.1. The number of nitrogens with two attached hydrogens (primary N) is 1. The summed E-state index contributed by atoms with van der Waals surface area (Å²) in [4.78, 5) is 26.2. The molecular formula is C23H29FN6O2. The van der Waals surface area contributed by atoms with Crippen LogP contribution >= 0.6 is 0 Å². The Labute approximate surface area is 187 Å². The summed E-state index contributed by atoms with van der Waals surface area (Å²) in [6, 6.07) is 4.44. The molecule has 0 unspecified atom stereocenters. The lowest BCUT2D eigenvalue weighted by Gasteiger charge is -2.35. The van der Waals surface area contributed by atoms with Gasteiger partial charge >= 0.3 is 0 Å². The van der Waals surface area contributed by atoms with Crippen LogP contribution in [0, 0.1) is 11.2 Å². The highest BCUT2D eigenvalue weighted by Crippen LogP contribution is 2.54. The van der Waals surface area contributed by atoms with Crippen molar-refractivity contribution < 1.29 is 13.9 Å². The first-order chi connectivity index (χ1) is 15.4. The quantitative estimate of drug-likeness (QED) is 0.706. The minimum Gasteiger partial charge on any atom is -0.396 e. The van der Waals surface area contributed by atoms with Crippen LogP contribution in [0.3, 0.4) is 0 Å². The van der Waals surface area contributed by atoms with E-state index in [1.165, 1.54) is 18.9 Å². The van der Waals surface area contributed by atoms with Crippen molar-refractivity contribution in [2.24, 2.45) is 5.41 Å². The molecule has 3 fully saturated rings. The van der Waals surface area contributed by atoms with E-state index in [-0.39, 0.29) is 17.4 Å². The van der Waals surface area contributed by atoms with Gasteiger partial charge in [-0.2, -0.15) is 4.98 Å². The van der Waals surface area contributed by atoms with Crippen molar-refractivity contribution in [2.75, 3.05) is 53.6 Å². The molecule has 8 nitrogen and oxygen atoms in total. The number of hydrogen-bond acceptors (Lipinski definition) is 7. The molecule has 1 spiro atoms. The van der Waals surface area contributed by atoms with E-state index in [1.54, 1.807) is 18.3 Å². The van der Waals surface area contributed by atoms with Crippen molar-refractivity contribution in [3.63, 3.8) is 0 Å². The van der Waals surface area contributed by atoms with Crippen molar-refractivity contribution >= 4 is 29.0 Å². The van der Waals surface area contributed by atoms with E-state index >= 15 is 0 Å². The number of hydrogen-bond donors (Lipinski definition) is 2. The molecular weight excluding hydrogens is 411 g/mol. The van der Waals surface area contributed by atoms with E-state index in [4.69, 9.17) is 10.5 Å². The fourth-order valence-electron chi connectivity index (χ4n) is 4.67. The second-order valence-corrected chi connectivity index (χ2v) is 9.20. The predicted molar refractivity (Wildman–Crippen MR) is 122 cm³/mol. The van der Waals surface area contributed by atoms with E-state index in [1.807, 2.05) is 11.8 Å². The van der Waals surface area contributed by atoms with Gasteiger partial charge in [0.15, 0.2) is 0 Å². The van der Waals surface area contributed by atoms with Crippen molar-refractivity contribution in [2.45, 2.75) is 38.7 Å². The summed E-state index contributed by atoms with van der Waals surface area (Å²) in [6.07, 6.45) is 6.47. The van der Waals surface area contributed by atoms with Crippen LogP contribution in [-0.4, -0.2) is 54.8 Å². The Kier molecular flexibility index (Phi) is 5.36. The molecule has 1 amide bonds. The number of carbonyl (C=O) groups excluding carboxylic acids is 1. The molecule has 0 bridgehead atoms. The SMILES string of the molecule is C[C@@H]1CN(c2nccc(NC(=O)c3cc(F)c(N)cc3N3CCC4(CC3)CC4)n2)CCO1. The predicted octanol–water partition coefficient (Wildman–Crippen LogP) is 3.06. The number of morpholine rings is 1. The molecule has 3 N–H and O–H groups in total. The Morgan fingerprint density at radius 2 is 2.00 bits per heavy atom. The first-order valence-electron chi connectivity index (χ1n) is 11.3. The van der Waals surface area contributed by atoms with Crippen LogP contribution in [0.4, 0.5) is 27.5 Å². The standard InChI is InChI=1S/C23H29FN6O2/c1-15-14-30(10-11-32-15)22-26-7-2-20(28-22)27-21(31)16-12-17(24)18(25)13-19(16)29-8-5-23(3-4-23)6-9-29/h2,7,12-13,15H,3-6,8-11,14,25H2,1H3,(H,26,27,28,31)/t15-/m1/s1. The number of piperidine rings is 1. The maximum Gasteiger partial charge on any atom is 0.259 e. The second kappa shape index (κ2) is 8.20. The molecule has 32 heavy (non-hydrogen) atoms. The van der Waals surface area contributed by atoms with Crippen LogP contribution in [0.15, 0.2) is 24.4 Å². The van der Waals surface area contributed by atoms with Crippen molar-refractivity contribution in [3.8, 4) is 0 Å². The molecule has 3 aliphatic rings. The zero-order valence-corrected chi connectivity index (χ0v) is 18.3. The molecule has 2 aromatic rings. The number of benzene rings is 1. The van der Waals surface area contributed by atoms with Crippen LogP contribution < -0.4 is 20.9 Å². The topological polar surface area (TPSA) is 96.6 Å². The Bertz CT molecular complexity index is 1020. The third kappa shape index (κ3) is 4.21. The number of nitrogen functional groups attached to an aromatic ring is 1. The number of amides is 1. The molecule has 170 valence electrons. The van der Waals surface area contributed by atoms with Gasteiger partial charge in [-0.1, -0.05) is 0 Å². The third-order valence-corrected chi connectivity index (χ3v) is 6.89. The van der Waals surface area contributed by atoms with Gasteiger partial charge in [-0.3, -0.25) is 4.79 Å². The Hall–Kier alpha value is -2.94. The van der Waals surface area contributed by atoms with E-state index in [9.17, 15) is 9.18 Å². The molecule has 9 heteroatoms. The normalized spacial score (nSPS) is 22.1. The number of ether oxygens (including phenoxy) is 1. The average molecular weight is 441 g/mol. The largest absolute Gasteiger partial charge is 0.396 e. The maximum atomic E-state index is 14.3. The number of nitrogens with one attached hydrogen (secondary N) is 1. The smallest absolute Gasteiger partial charge is 0.259 e. The minimum absolute atomic E-state index is 0.0500. The molecule has 3 heterocycles. The van der Waals surface area contributed by atoms with Crippen LogP contribution in [0.5, 0.6) is 0 Å². The number of carbonyl (C=O) groups is 1. The van der Waals surface area contributed by atoms with E-state index in [2.05, 4.69) is 20.2 Å². The molecule has 5 rings (SSSR count). The summed E-state index contributed by atoms with van der Waals surface area (Å²) in [5, 5.41) is 2.82. The summed E-state index contributed by atoms with van der Waals surface area (Å²) in [6.45, 7) is 5.66. The highest BCUT2D eigenvalue weighted by molar-refractivity contribution is 6.08. The number of halogens is 1. The fourth-order valence-corrected chi connectivity index (χ4v) is 4.67. The third-order valence-electron chi connectivity index (χ3n) is 6.89. The zero-order valence-electron chi connectivity index (χ0n) is 18.3. The van der Waals surface area contributed by atoms with Gasteiger partial charge in [0, 0.05) is 32.4 Å². The van der Waals surface area contributed by atoms with Gasteiger partial charge in [0.1, 0.15) is 11.6 Å². The second-order valence-electron chi connectivity index (χ2n) is 9.20. The Balaban J connectivity index is 1.36. The maximum absolute atomic E-state index is 14.3. The lowest BCUT2D eigenvalue weighted by Crippen LogP contribution is -2.42. The number of nitrogens with zero attached hydrogens (tertiary/aromatic N) is 4. The number of aromatic nitrogens is 2. The summed E-state index contributed by atoms with van der Waals surface area (Å²) in [5.41, 5.74) is 7.35. The number of anilines is 4. The molecule has 2 saturated heterocycles. The molecule has 1 aromatic heterocycles. The van der Waals surface area contributed by atoms with Gasteiger partial charge in [0.05, 0.1) is 29.6 Å². The highest BCUT2D eigenvalue weighted by Gasteiger charge is 2.44. The molecule has 2 aliphatic heterocycles. The van der Waals surface area contributed by atoms with Crippen LogP contribution in [-0.2, 0) is 4.74 Å². The first-order valence-corrected chi connectivity index (χ1v) is 11.3. The van der Waals surface area contributed by atoms with E-state index < -0.39 is 11.7 Å². The molecule has 1 atom stereocenters. The minimum atomic E-state index is -0.597. The van der Waals surface area contributed by atoms with Crippen LogP contribution in [0.25, 0.3) is 0 Å². The van der Waals surface area contributed by atoms with Gasteiger partial charge in [-0.25, -0.2) is 9.37 Å². The first kappa shape index (κ1) is 20.9. The lowest BCUT2D eigenvalue weighted by molar-refractivity contribution is 0.0526. The molecule has 1 saturated carbocycles. The van der Waals surface area contributed by atoms with Crippen LogP contribution in [0.2, 0.25) is 0 Å². The molecule has 1 aromatic carbocycles. The lowest BCUT2D eigenvalue weighted by atomic mass is 9.93. The van der Waals surface area contributed by atoms with E-state index in [0.717, 1.165) is 25.9 Å². The van der Waals surface area contributed by atoms with Gasteiger partial charge < -0.3 is 25.6 Å². The van der Waals surface area contributed by atoms with Crippen molar-refractivity contribution in [1.82, 2.24) is 9.97 Å². The molecule has 0 radical (unpaired) electrons. The van der Waals surface area contributed by atoms with Gasteiger partial charge in [0.25, 0.3) is 5.91 Å². The van der Waals surface area contributed by atoms with Gasteiger partial charge in [-0.15, -0.1) is 0 Å². The zero-order chi connectivity index (χ0) is 22.3. The van der Waals surface area contributed by atoms with Gasteiger partial charge in [0.2, 0.25) is 5.95 Å². The fraction of sp³-hybridized carbons (Fsp3) is 0.522. The summed E-state index contributed by atoms with van der Waals surface area (Å²) < 4.78 is 19.9. The average Bonchev–Trinajstić information content (AvgIpc) is 3.55. The Morgan fingerprint density at radius 1 is 1.22 bits per heavy atom.